The van der Waals surface area contributed by atoms with E-state index in [0.29, 0.717) is 12.3 Å². The lowest BCUT2D eigenvalue weighted by molar-refractivity contribution is -0.141. The lowest BCUT2D eigenvalue weighted by Crippen LogP contribution is -2.30. The number of alkyl halides is 3. The summed E-state index contributed by atoms with van der Waals surface area (Å²) in [4.78, 5) is 3.67. The number of rotatable bonds is 1. The van der Waals surface area contributed by atoms with Crippen LogP contribution in [0.3, 0.4) is 0 Å². The molecule has 0 aliphatic carbocycles. The van der Waals surface area contributed by atoms with Crippen LogP contribution in [0.1, 0.15) is 36.0 Å². The van der Waals surface area contributed by atoms with Gasteiger partial charge in [0.25, 0.3) is 0 Å². The third-order valence-corrected chi connectivity index (χ3v) is 2.87. The molecule has 1 N–H and O–H groups in total. The summed E-state index contributed by atoms with van der Waals surface area (Å²) in [6, 6.07) is 2.39. The van der Waals surface area contributed by atoms with Crippen molar-refractivity contribution in [1.82, 2.24) is 10.3 Å². The van der Waals surface area contributed by atoms with E-state index in [1.165, 1.54) is 6.07 Å². The second-order valence-corrected chi connectivity index (χ2v) is 3.99. The van der Waals surface area contributed by atoms with E-state index >= 15 is 0 Å². The predicted molar refractivity (Wildman–Crippen MR) is 62.7 cm³/mol. The Morgan fingerprint density at radius 1 is 1.39 bits per heavy atom. The summed E-state index contributed by atoms with van der Waals surface area (Å²) in [6.45, 7) is 2.15. The molecule has 2 atom stereocenters. The first kappa shape index (κ1) is 15.2. The van der Waals surface area contributed by atoms with Crippen molar-refractivity contribution in [3.63, 3.8) is 0 Å². The molecule has 1 aromatic rings. The van der Waals surface area contributed by atoms with Crippen molar-refractivity contribution >= 4 is 12.4 Å². The van der Waals surface area contributed by atoms with Crippen molar-refractivity contribution in [2.45, 2.75) is 25.2 Å². The van der Waals surface area contributed by atoms with E-state index < -0.39 is 18.0 Å². The van der Waals surface area contributed by atoms with Crippen molar-refractivity contribution in [2.75, 3.05) is 13.7 Å². The molecule has 2 rings (SSSR count). The highest BCUT2D eigenvalue weighted by molar-refractivity contribution is 5.85. The molecule has 1 aliphatic heterocycles. The van der Waals surface area contributed by atoms with Gasteiger partial charge in [0.2, 0.25) is 0 Å². The van der Waals surface area contributed by atoms with Gasteiger partial charge in [-0.1, -0.05) is 6.07 Å². The van der Waals surface area contributed by atoms with E-state index in [2.05, 4.69) is 10.3 Å². The molecule has 1 unspecified atom stereocenters. The number of nitrogens with one attached hydrogen (secondary N) is 1. The van der Waals surface area contributed by atoms with Gasteiger partial charge < -0.3 is 10.1 Å². The molecule has 0 amide bonds. The Morgan fingerprint density at radius 3 is 2.61 bits per heavy atom. The van der Waals surface area contributed by atoms with Crippen LogP contribution in [-0.4, -0.2) is 18.6 Å². The molecule has 0 spiro atoms. The number of likely N-dealkylation sites (N-methyl/N-ethyl adjacent to an activating group) is 1. The van der Waals surface area contributed by atoms with Gasteiger partial charge in [0.1, 0.15) is 5.69 Å². The second kappa shape index (κ2) is 5.42. The van der Waals surface area contributed by atoms with E-state index in [1.54, 1.807) is 14.0 Å². The molecule has 18 heavy (non-hydrogen) atoms. The minimum absolute atomic E-state index is 0. The maximum absolute atomic E-state index is 12.5. The molecule has 0 aromatic carbocycles. The van der Waals surface area contributed by atoms with Crippen molar-refractivity contribution in [2.24, 2.45) is 0 Å². The fourth-order valence-corrected chi connectivity index (χ4v) is 1.91. The van der Waals surface area contributed by atoms with E-state index in [1.807, 2.05) is 0 Å². The zero-order valence-electron chi connectivity index (χ0n) is 9.91. The normalized spacial score (nSPS) is 23.2. The highest BCUT2D eigenvalue weighted by Gasteiger charge is 2.35. The monoisotopic (exact) mass is 282 g/mol. The van der Waals surface area contributed by atoms with Gasteiger partial charge in [0.05, 0.1) is 24.4 Å². The Balaban J connectivity index is 0.00000162. The standard InChI is InChI=1S/C11H13F3N2O.ClH/c1-6-10-7(8(15-2)5-17-6)3-4-9(16-10)11(12,13)14;/h3-4,6,8,15H,5H2,1-2H3;1H/t6-,8?;/m1./s1. The first-order valence-corrected chi connectivity index (χ1v) is 5.30. The third-order valence-electron chi connectivity index (χ3n) is 2.87. The molecular formula is C11H14ClF3N2O. The van der Waals surface area contributed by atoms with E-state index in [9.17, 15) is 13.2 Å². The van der Waals surface area contributed by atoms with Crippen molar-refractivity contribution in [3.05, 3.63) is 29.1 Å². The SMILES string of the molecule is CNC1CO[C@H](C)c2nc(C(F)(F)F)ccc21.Cl. The molecule has 1 aromatic heterocycles. The summed E-state index contributed by atoms with van der Waals surface area (Å²) in [5.74, 6) is 0. The maximum Gasteiger partial charge on any atom is 0.433 e. The zero-order valence-corrected chi connectivity index (χ0v) is 10.7. The fraction of sp³-hybridized carbons (Fsp3) is 0.545. The largest absolute Gasteiger partial charge is 0.433 e. The molecule has 2 heterocycles. The van der Waals surface area contributed by atoms with E-state index in [-0.39, 0.29) is 18.4 Å². The van der Waals surface area contributed by atoms with Crippen LogP contribution >= 0.6 is 12.4 Å². The number of hydrogen-bond acceptors (Lipinski definition) is 3. The zero-order chi connectivity index (χ0) is 12.6. The number of aromatic nitrogens is 1. The number of halogens is 4. The Labute approximate surface area is 109 Å². The molecule has 0 bridgehead atoms. The lowest BCUT2D eigenvalue weighted by Gasteiger charge is -2.29. The van der Waals surface area contributed by atoms with Crippen LogP contribution in [0.4, 0.5) is 13.2 Å². The van der Waals surface area contributed by atoms with Gasteiger partial charge in [-0.2, -0.15) is 13.2 Å². The summed E-state index contributed by atoms with van der Waals surface area (Å²) in [5, 5.41) is 2.99. The molecule has 102 valence electrons. The first-order valence-electron chi connectivity index (χ1n) is 5.30. The Morgan fingerprint density at radius 2 is 2.06 bits per heavy atom. The lowest BCUT2D eigenvalue weighted by atomic mass is 9.99. The average molecular weight is 283 g/mol. The van der Waals surface area contributed by atoms with Crippen LogP contribution in [0.5, 0.6) is 0 Å². The van der Waals surface area contributed by atoms with Gasteiger partial charge in [-0.05, 0) is 25.6 Å². The van der Waals surface area contributed by atoms with Gasteiger partial charge in [0.15, 0.2) is 0 Å². The number of fused-ring (bicyclic) bond motifs is 1. The molecule has 7 heteroatoms. The summed E-state index contributed by atoms with van der Waals surface area (Å²) in [5.41, 5.74) is 0.271. The molecular weight excluding hydrogens is 269 g/mol. The minimum Gasteiger partial charge on any atom is -0.370 e. The topological polar surface area (TPSA) is 34.1 Å². The quantitative estimate of drug-likeness (QED) is 0.860. The summed E-state index contributed by atoms with van der Waals surface area (Å²) >= 11 is 0. The van der Waals surface area contributed by atoms with Crippen LogP contribution in [0.15, 0.2) is 12.1 Å². The Kier molecular flexibility index (Phi) is 4.58. The minimum atomic E-state index is -4.42. The number of hydrogen-bond donors (Lipinski definition) is 1. The highest BCUT2D eigenvalue weighted by Crippen LogP contribution is 2.34. The van der Waals surface area contributed by atoms with Crippen LogP contribution in [-0.2, 0) is 10.9 Å². The Bertz CT molecular complexity index is 425. The fourth-order valence-electron chi connectivity index (χ4n) is 1.91. The first-order chi connectivity index (χ1) is 7.93. The Hall–Kier alpha value is -0.850. The highest BCUT2D eigenvalue weighted by atomic mass is 35.5. The smallest absolute Gasteiger partial charge is 0.370 e. The van der Waals surface area contributed by atoms with Gasteiger partial charge in [-0.3, -0.25) is 0 Å². The van der Waals surface area contributed by atoms with Crippen LogP contribution in [0, 0.1) is 0 Å². The average Bonchev–Trinajstić information content (AvgIpc) is 2.28. The second-order valence-electron chi connectivity index (χ2n) is 3.99. The van der Waals surface area contributed by atoms with Crippen LogP contribution < -0.4 is 5.32 Å². The number of ether oxygens (including phenoxy) is 1. The summed E-state index contributed by atoms with van der Waals surface area (Å²) < 4.78 is 43.0. The van der Waals surface area contributed by atoms with Gasteiger partial charge >= 0.3 is 6.18 Å². The van der Waals surface area contributed by atoms with E-state index in [4.69, 9.17) is 4.74 Å². The molecule has 0 saturated heterocycles. The van der Waals surface area contributed by atoms with Gasteiger partial charge in [-0.25, -0.2) is 4.98 Å². The van der Waals surface area contributed by atoms with Crippen LogP contribution in [0.25, 0.3) is 0 Å². The summed E-state index contributed by atoms with van der Waals surface area (Å²) in [6.07, 6.45) is -4.82. The van der Waals surface area contributed by atoms with E-state index in [0.717, 1.165) is 11.6 Å². The maximum atomic E-state index is 12.5. The summed E-state index contributed by atoms with van der Waals surface area (Å²) in [7, 11) is 1.74. The van der Waals surface area contributed by atoms with Crippen molar-refractivity contribution < 1.29 is 17.9 Å². The van der Waals surface area contributed by atoms with Gasteiger partial charge in [-0.15, -0.1) is 12.4 Å². The molecule has 0 radical (unpaired) electrons. The van der Waals surface area contributed by atoms with Gasteiger partial charge in [0, 0.05) is 0 Å². The number of nitrogens with zero attached hydrogens (tertiary/aromatic N) is 1. The van der Waals surface area contributed by atoms with Crippen molar-refractivity contribution in [3.8, 4) is 0 Å². The van der Waals surface area contributed by atoms with Crippen molar-refractivity contribution in [1.29, 1.82) is 0 Å². The molecule has 3 nitrogen and oxygen atoms in total. The van der Waals surface area contributed by atoms with Crippen LogP contribution in [0.2, 0.25) is 0 Å². The molecule has 0 fully saturated rings. The molecule has 1 aliphatic rings. The molecule has 0 saturated carbocycles. The number of pyridine rings is 1. The predicted octanol–water partition coefficient (Wildman–Crippen LogP) is 2.87. The third kappa shape index (κ3) is 2.76.